The number of aryl methyl sites for hydroxylation is 1. The van der Waals surface area contributed by atoms with Gasteiger partial charge in [0.2, 0.25) is 5.91 Å². The molecule has 0 bridgehead atoms. The molecule has 1 fully saturated rings. The number of nitrogens with two attached hydrogens (primary N) is 1. The van der Waals surface area contributed by atoms with E-state index in [2.05, 4.69) is 25.1 Å². The third-order valence-electron chi connectivity index (χ3n) is 3.94. The number of carbonyl (C=O) groups is 1. The van der Waals surface area contributed by atoms with Crippen molar-refractivity contribution in [1.29, 1.82) is 0 Å². The number of carbonyl (C=O) groups excluding carboxylic acids is 1. The highest BCUT2D eigenvalue weighted by Crippen LogP contribution is 2.21. The molecule has 2 N–H and O–H groups in total. The van der Waals surface area contributed by atoms with Gasteiger partial charge in [-0.2, -0.15) is 0 Å². The van der Waals surface area contributed by atoms with Gasteiger partial charge in [-0.05, 0) is 32.3 Å². The molecule has 4 nitrogen and oxygen atoms in total. The number of hydrogen-bond acceptors (Lipinski definition) is 3. The maximum atomic E-state index is 12.7. The summed E-state index contributed by atoms with van der Waals surface area (Å²) in [6.45, 7) is 6.50. The summed E-state index contributed by atoms with van der Waals surface area (Å²) in [4.78, 5) is 14.5. The Morgan fingerprint density at radius 3 is 2.70 bits per heavy atom. The number of amides is 1. The van der Waals surface area contributed by atoms with Crippen molar-refractivity contribution in [3.63, 3.8) is 0 Å². The van der Waals surface area contributed by atoms with Gasteiger partial charge in [-0.15, -0.1) is 0 Å². The average molecular weight is 276 g/mol. The minimum atomic E-state index is -0.752. The zero-order valence-electron chi connectivity index (χ0n) is 12.4. The van der Waals surface area contributed by atoms with Gasteiger partial charge in [0.05, 0.1) is 5.54 Å². The van der Waals surface area contributed by atoms with Crippen molar-refractivity contribution in [2.45, 2.75) is 38.8 Å². The number of hydrogen-bond donors (Lipinski definition) is 1. The maximum Gasteiger partial charge on any atom is 0.243 e. The number of likely N-dealkylation sites (N-methyl/N-ethyl adjacent to an activating group) is 1. The molecule has 1 amide bonds. The van der Waals surface area contributed by atoms with Gasteiger partial charge in [0.15, 0.2) is 0 Å². The van der Waals surface area contributed by atoms with Gasteiger partial charge in [-0.3, -0.25) is 4.79 Å². The summed E-state index contributed by atoms with van der Waals surface area (Å²) < 4.78 is 5.31. The van der Waals surface area contributed by atoms with Crippen LogP contribution >= 0.6 is 0 Å². The van der Waals surface area contributed by atoms with Crippen molar-refractivity contribution < 1.29 is 9.53 Å². The van der Waals surface area contributed by atoms with E-state index in [1.54, 1.807) is 0 Å². The molecule has 1 aliphatic heterocycles. The number of nitrogens with zero attached hydrogens (tertiary/aromatic N) is 1. The molecule has 1 heterocycles. The summed E-state index contributed by atoms with van der Waals surface area (Å²) in [5.41, 5.74) is 7.90. The Labute approximate surface area is 120 Å². The third-order valence-corrected chi connectivity index (χ3v) is 3.94. The Balaban J connectivity index is 2.09. The molecule has 1 aromatic carbocycles. The molecule has 0 aromatic heterocycles. The fourth-order valence-corrected chi connectivity index (χ4v) is 2.62. The van der Waals surface area contributed by atoms with Gasteiger partial charge < -0.3 is 15.4 Å². The summed E-state index contributed by atoms with van der Waals surface area (Å²) in [6.07, 6.45) is 1.21. The van der Waals surface area contributed by atoms with Gasteiger partial charge in [-0.25, -0.2) is 0 Å². The Hall–Kier alpha value is -1.39. The van der Waals surface area contributed by atoms with Gasteiger partial charge in [0.25, 0.3) is 0 Å². The van der Waals surface area contributed by atoms with Crippen molar-refractivity contribution in [1.82, 2.24) is 4.90 Å². The van der Waals surface area contributed by atoms with Crippen LogP contribution in [0, 0.1) is 6.92 Å². The first-order chi connectivity index (χ1) is 9.55. The van der Waals surface area contributed by atoms with E-state index in [1.807, 2.05) is 17.9 Å². The van der Waals surface area contributed by atoms with Gasteiger partial charge in [0, 0.05) is 26.3 Å². The molecular formula is C16H24N2O2. The second-order valence-electron chi connectivity index (χ2n) is 5.58. The molecule has 1 saturated heterocycles. The lowest BCUT2D eigenvalue weighted by Gasteiger charge is -2.36. The Bertz CT molecular complexity index is 467. The molecular weight excluding hydrogens is 252 g/mol. The number of ether oxygens (including phenoxy) is 1. The first-order valence-electron chi connectivity index (χ1n) is 7.27. The molecule has 0 saturated carbocycles. The minimum absolute atomic E-state index is 0.0461. The van der Waals surface area contributed by atoms with Crippen LogP contribution in [0.25, 0.3) is 0 Å². The van der Waals surface area contributed by atoms with E-state index in [1.165, 1.54) is 5.56 Å². The SMILES string of the molecule is CCN(Cc1cccc(C)c1)C(=O)C1(N)CCOCC1. The molecule has 0 radical (unpaired) electrons. The van der Waals surface area contributed by atoms with Crippen LogP contribution in [-0.4, -0.2) is 36.1 Å². The fourth-order valence-electron chi connectivity index (χ4n) is 2.62. The van der Waals surface area contributed by atoms with E-state index in [-0.39, 0.29) is 5.91 Å². The summed E-state index contributed by atoms with van der Waals surface area (Å²) in [5, 5.41) is 0. The summed E-state index contributed by atoms with van der Waals surface area (Å²) in [7, 11) is 0. The highest BCUT2D eigenvalue weighted by molar-refractivity contribution is 5.86. The van der Waals surface area contributed by atoms with E-state index in [0.29, 0.717) is 39.1 Å². The average Bonchev–Trinajstić information content (AvgIpc) is 2.45. The van der Waals surface area contributed by atoms with E-state index < -0.39 is 5.54 Å². The smallest absolute Gasteiger partial charge is 0.243 e. The van der Waals surface area contributed by atoms with Crippen LogP contribution in [0.5, 0.6) is 0 Å². The Morgan fingerprint density at radius 1 is 1.40 bits per heavy atom. The quantitative estimate of drug-likeness (QED) is 0.913. The molecule has 1 aliphatic rings. The van der Waals surface area contributed by atoms with Crippen LogP contribution in [0.4, 0.5) is 0 Å². The van der Waals surface area contributed by atoms with Crippen LogP contribution in [-0.2, 0) is 16.1 Å². The third kappa shape index (κ3) is 3.38. The molecule has 0 atom stereocenters. The van der Waals surface area contributed by atoms with E-state index in [0.717, 1.165) is 5.56 Å². The molecule has 2 rings (SSSR count). The lowest BCUT2D eigenvalue weighted by atomic mass is 9.89. The Morgan fingerprint density at radius 2 is 2.10 bits per heavy atom. The van der Waals surface area contributed by atoms with Crippen LogP contribution in [0.15, 0.2) is 24.3 Å². The number of benzene rings is 1. The van der Waals surface area contributed by atoms with Crippen molar-refractivity contribution in [3.8, 4) is 0 Å². The van der Waals surface area contributed by atoms with Crippen LogP contribution in [0.1, 0.15) is 30.9 Å². The van der Waals surface area contributed by atoms with Gasteiger partial charge >= 0.3 is 0 Å². The van der Waals surface area contributed by atoms with Crippen molar-refractivity contribution in [2.24, 2.45) is 5.73 Å². The molecule has 20 heavy (non-hydrogen) atoms. The van der Waals surface area contributed by atoms with Crippen molar-refractivity contribution in [3.05, 3.63) is 35.4 Å². The van der Waals surface area contributed by atoms with Crippen LogP contribution in [0.3, 0.4) is 0 Å². The maximum absolute atomic E-state index is 12.7. The highest BCUT2D eigenvalue weighted by Gasteiger charge is 2.38. The van der Waals surface area contributed by atoms with Crippen LogP contribution in [0.2, 0.25) is 0 Å². The second kappa shape index (κ2) is 6.37. The topological polar surface area (TPSA) is 55.6 Å². The fraction of sp³-hybridized carbons (Fsp3) is 0.562. The summed E-state index contributed by atoms with van der Waals surface area (Å²) in [6, 6.07) is 8.25. The van der Waals surface area contributed by atoms with Crippen molar-refractivity contribution >= 4 is 5.91 Å². The normalized spacial score (nSPS) is 17.8. The van der Waals surface area contributed by atoms with E-state index in [4.69, 9.17) is 10.5 Å². The largest absolute Gasteiger partial charge is 0.381 e. The zero-order valence-corrected chi connectivity index (χ0v) is 12.4. The summed E-state index contributed by atoms with van der Waals surface area (Å²) in [5.74, 6) is 0.0461. The number of rotatable bonds is 4. The molecule has 0 spiro atoms. The van der Waals surface area contributed by atoms with E-state index >= 15 is 0 Å². The predicted octanol–water partition coefficient (Wildman–Crippen LogP) is 1.85. The standard InChI is InChI=1S/C16H24N2O2/c1-3-18(12-14-6-4-5-13(2)11-14)15(19)16(17)7-9-20-10-8-16/h4-6,11H,3,7-10,12,17H2,1-2H3. The predicted molar refractivity (Wildman–Crippen MR) is 79.2 cm³/mol. The van der Waals surface area contributed by atoms with Crippen molar-refractivity contribution in [2.75, 3.05) is 19.8 Å². The lowest BCUT2D eigenvalue weighted by Crippen LogP contribution is -2.57. The first-order valence-corrected chi connectivity index (χ1v) is 7.27. The molecule has 4 heteroatoms. The summed E-state index contributed by atoms with van der Waals surface area (Å²) >= 11 is 0. The molecule has 0 unspecified atom stereocenters. The Kier molecular flexibility index (Phi) is 4.78. The van der Waals surface area contributed by atoms with Gasteiger partial charge in [0.1, 0.15) is 0 Å². The second-order valence-corrected chi connectivity index (χ2v) is 5.58. The van der Waals surface area contributed by atoms with E-state index in [9.17, 15) is 4.79 Å². The first kappa shape index (κ1) is 15.0. The zero-order chi connectivity index (χ0) is 14.6. The molecule has 1 aromatic rings. The van der Waals surface area contributed by atoms with Crippen LogP contribution < -0.4 is 5.73 Å². The lowest BCUT2D eigenvalue weighted by molar-refractivity contribution is -0.141. The molecule has 0 aliphatic carbocycles. The minimum Gasteiger partial charge on any atom is -0.381 e. The molecule has 110 valence electrons. The van der Waals surface area contributed by atoms with Gasteiger partial charge in [-0.1, -0.05) is 29.8 Å². The highest BCUT2D eigenvalue weighted by atomic mass is 16.5. The monoisotopic (exact) mass is 276 g/mol.